The molecular weight excluding hydrogens is 162 g/mol. The molecule has 0 rings (SSSR count). The Morgan fingerprint density at radius 3 is 1.83 bits per heavy atom. The molecule has 0 atom stereocenters. The lowest BCUT2D eigenvalue weighted by atomic mass is 10.7. The lowest BCUT2D eigenvalue weighted by Crippen LogP contribution is -2.11. The molecule has 0 aliphatic heterocycles. The Bertz CT molecular complexity index is 97.6. The van der Waals surface area contributed by atoms with E-state index in [1.54, 1.807) is 0 Å². The molecule has 5 nitrogen and oxygen atoms in total. The summed E-state index contributed by atoms with van der Waals surface area (Å²) in [6.07, 6.45) is -1.37. The summed E-state index contributed by atoms with van der Waals surface area (Å²) in [5.74, 6) is 0. The van der Waals surface area contributed by atoms with Gasteiger partial charge in [0.05, 0.1) is 0 Å². The number of primary amides is 1. The van der Waals surface area contributed by atoms with E-state index < -0.39 is 6.09 Å². The molecule has 0 aromatic carbocycles. The summed E-state index contributed by atoms with van der Waals surface area (Å²) in [6, 6.07) is 0. The molecule has 0 aliphatic carbocycles. The molecule has 0 aromatic rings. The molecule has 0 heterocycles. The van der Waals surface area contributed by atoms with E-state index in [0.29, 0.717) is 0 Å². The van der Waals surface area contributed by atoms with Gasteiger partial charge in [0.1, 0.15) is 0 Å². The molecule has 74 valence electrons. The molecule has 0 spiro atoms. The Kier molecular flexibility index (Phi) is 11.7. The molecule has 0 radical (unpaired) electrons. The van der Waals surface area contributed by atoms with Gasteiger partial charge in [-0.05, 0) is 20.8 Å². The van der Waals surface area contributed by atoms with Crippen LogP contribution < -0.4 is 5.73 Å². The zero-order valence-corrected chi connectivity index (χ0v) is 7.74. The van der Waals surface area contributed by atoms with E-state index in [4.69, 9.17) is 19.4 Å². The highest BCUT2D eigenvalue weighted by atomic mass is 16.7. The van der Waals surface area contributed by atoms with Gasteiger partial charge < -0.3 is 20.3 Å². The first-order chi connectivity index (χ1) is 5.54. The molecule has 0 aromatic heterocycles. The molecule has 3 N–H and O–H groups in total. The topological polar surface area (TPSA) is 81.8 Å². The van der Waals surface area contributed by atoms with Crippen molar-refractivity contribution in [2.45, 2.75) is 27.1 Å². The molecule has 0 saturated heterocycles. The zero-order valence-electron chi connectivity index (χ0n) is 7.74. The standard InChI is InChI=1S/C6H14O2.CH3NO2/c1-4-7-6(3)8-5-2;2-1(3)4/h6H,4-5H2,1-3H3;2H2,(H,3,4). The first-order valence-electron chi connectivity index (χ1n) is 3.76. The van der Waals surface area contributed by atoms with Crippen molar-refractivity contribution < 1.29 is 19.4 Å². The van der Waals surface area contributed by atoms with Crippen molar-refractivity contribution in [3.63, 3.8) is 0 Å². The molecule has 0 aliphatic rings. The van der Waals surface area contributed by atoms with E-state index >= 15 is 0 Å². The van der Waals surface area contributed by atoms with Gasteiger partial charge in [-0.15, -0.1) is 0 Å². The maximum absolute atomic E-state index is 8.78. The lowest BCUT2D eigenvalue weighted by Gasteiger charge is -2.09. The normalized spacial score (nSPS) is 9.00. The van der Waals surface area contributed by atoms with Crippen LogP contribution in [-0.4, -0.2) is 30.7 Å². The molecule has 0 fully saturated rings. The minimum atomic E-state index is -1.33. The summed E-state index contributed by atoms with van der Waals surface area (Å²) < 4.78 is 10.1. The second kappa shape index (κ2) is 10.2. The fraction of sp³-hybridized carbons (Fsp3) is 0.857. The van der Waals surface area contributed by atoms with E-state index in [-0.39, 0.29) is 6.29 Å². The number of rotatable bonds is 4. The fourth-order valence-electron chi connectivity index (χ4n) is 0.518. The summed E-state index contributed by atoms with van der Waals surface area (Å²) in [6.45, 7) is 7.25. The van der Waals surface area contributed by atoms with Crippen LogP contribution in [0.1, 0.15) is 20.8 Å². The van der Waals surface area contributed by atoms with Gasteiger partial charge >= 0.3 is 6.09 Å². The number of amides is 1. The molecular formula is C7H17NO4. The summed E-state index contributed by atoms with van der Waals surface area (Å²) >= 11 is 0. The van der Waals surface area contributed by atoms with Crippen LogP contribution in [0.3, 0.4) is 0 Å². The largest absolute Gasteiger partial charge is 0.465 e. The Morgan fingerprint density at radius 2 is 1.67 bits per heavy atom. The highest BCUT2D eigenvalue weighted by Crippen LogP contribution is 1.90. The number of hydrogen-bond donors (Lipinski definition) is 2. The summed E-state index contributed by atoms with van der Waals surface area (Å²) in [5.41, 5.74) is 4.03. The third-order valence-corrected chi connectivity index (χ3v) is 0.803. The number of carbonyl (C=O) groups is 1. The Hall–Kier alpha value is -0.810. The maximum Gasteiger partial charge on any atom is 0.402 e. The molecule has 5 heteroatoms. The number of nitrogens with two attached hydrogens (primary N) is 1. The van der Waals surface area contributed by atoms with Gasteiger partial charge in [0, 0.05) is 13.2 Å². The van der Waals surface area contributed by atoms with Crippen LogP contribution >= 0.6 is 0 Å². The van der Waals surface area contributed by atoms with Crippen molar-refractivity contribution in [2.24, 2.45) is 5.73 Å². The summed E-state index contributed by atoms with van der Waals surface area (Å²) in [7, 11) is 0. The van der Waals surface area contributed by atoms with Crippen molar-refractivity contribution in [3.8, 4) is 0 Å². The SMILES string of the molecule is CCOC(C)OCC.NC(=O)O. The van der Waals surface area contributed by atoms with E-state index in [9.17, 15) is 0 Å². The average molecular weight is 179 g/mol. The zero-order chi connectivity index (χ0) is 9.98. The van der Waals surface area contributed by atoms with Crippen molar-refractivity contribution in [1.29, 1.82) is 0 Å². The minimum absolute atomic E-state index is 0.0370. The number of hydrogen-bond acceptors (Lipinski definition) is 3. The second-order valence-electron chi connectivity index (χ2n) is 1.82. The molecule has 1 amide bonds. The predicted molar refractivity (Wildman–Crippen MR) is 44.9 cm³/mol. The van der Waals surface area contributed by atoms with Crippen molar-refractivity contribution in [1.82, 2.24) is 0 Å². The smallest absolute Gasteiger partial charge is 0.402 e. The highest BCUT2D eigenvalue weighted by molar-refractivity contribution is 5.61. The molecule has 12 heavy (non-hydrogen) atoms. The number of ether oxygens (including phenoxy) is 2. The van der Waals surface area contributed by atoms with Gasteiger partial charge in [-0.1, -0.05) is 0 Å². The van der Waals surface area contributed by atoms with Crippen LogP contribution in [0.25, 0.3) is 0 Å². The van der Waals surface area contributed by atoms with Gasteiger partial charge in [-0.25, -0.2) is 4.79 Å². The lowest BCUT2D eigenvalue weighted by molar-refractivity contribution is -0.123. The predicted octanol–water partition coefficient (Wildman–Crippen LogP) is 1.03. The molecule has 0 bridgehead atoms. The van der Waals surface area contributed by atoms with Crippen LogP contribution in [0.2, 0.25) is 0 Å². The molecule has 0 unspecified atom stereocenters. The van der Waals surface area contributed by atoms with E-state index in [1.807, 2.05) is 20.8 Å². The van der Waals surface area contributed by atoms with Crippen molar-refractivity contribution in [3.05, 3.63) is 0 Å². The van der Waals surface area contributed by atoms with Crippen LogP contribution in [0.15, 0.2) is 0 Å². The average Bonchev–Trinajstić information content (AvgIpc) is 1.87. The van der Waals surface area contributed by atoms with Gasteiger partial charge in [0.2, 0.25) is 0 Å². The third kappa shape index (κ3) is 22.9. The summed E-state index contributed by atoms with van der Waals surface area (Å²) in [4.78, 5) is 8.78. The van der Waals surface area contributed by atoms with Gasteiger partial charge in [-0.2, -0.15) is 0 Å². The minimum Gasteiger partial charge on any atom is -0.465 e. The summed E-state index contributed by atoms with van der Waals surface area (Å²) in [5, 5.41) is 7.19. The first kappa shape index (κ1) is 13.8. The fourth-order valence-corrected chi connectivity index (χ4v) is 0.518. The maximum atomic E-state index is 8.78. The first-order valence-corrected chi connectivity index (χ1v) is 3.76. The Balaban J connectivity index is 0. The Morgan fingerprint density at radius 1 is 1.42 bits per heavy atom. The van der Waals surface area contributed by atoms with E-state index in [2.05, 4.69) is 5.73 Å². The van der Waals surface area contributed by atoms with Crippen LogP contribution in [0.4, 0.5) is 4.79 Å². The van der Waals surface area contributed by atoms with Crippen LogP contribution in [-0.2, 0) is 9.47 Å². The third-order valence-electron chi connectivity index (χ3n) is 0.803. The number of carboxylic acid groups (broad SMARTS) is 1. The van der Waals surface area contributed by atoms with Gasteiger partial charge in [0.25, 0.3) is 0 Å². The highest BCUT2D eigenvalue weighted by Gasteiger charge is 1.94. The van der Waals surface area contributed by atoms with Gasteiger partial charge in [-0.3, -0.25) is 0 Å². The molecule has 0 saturated carbocycles. The van der Waals surface area contributed by atoms with Gasteiger partial charge in [0.15, 0.2) is 6.29 Å². The van der Waals surface area contributed by atoms with E-state index in [0.717, 1.165) is 13.2 Å². The quantitative estimate of drug-likeness (QED) is 0.631. The van der Waals surface area contributed by atoms with Crippen molar-refractivity contribution in [2.75, 3.05) is 13.2 Å². The van der Waals surface area contributed by atoms with Crippen LogP contribution in [0.5, 0.6) is 0 Å². The van der Waals surface area contributed by atoms with E-state index in [1.165, 1.54) is 0 Å². The second-order valence-corrected chi connectivity index (χ2v) is 1.82. The monoisotopic (exact) mass is 179 g/mol. The van der Waals surface area contributed by atoms with Crippen molar-refractivity contribution >= 4 is 6.09 Å². The Labute approximate surface area is 72.5 Å². The van der Waals surface area contributed by atoms with Crippen LogP contribution in [0, 0.1) is 0 Å².